The minimum absolute atomic E-state index is 0.332. The molecule has 0 saturated heterocycles. The van der Waals surface area contributed by atoms with E-state index in [0.29, 0.717) is 12.4 Å². The third-order valence-corrected chi connectivity index (χ3v) is 2.27. The van der Waals surface area contributed by atoms with Crippen molar-refractivity contribution >= 4 is 11.7 Å². The first-order valence-corrected chi connectivity index (χ1v) is 5.03. The zero-order chi connectivity index (χ0) is 11.5. The quantitative estimate of drug-likeness (QED) is 0.847. The summed E-state index contributed by atoms with van der Waals surface area (Å²) in [6, 6.07) is 5.63. The van der Waals surface area contributed by atoms with Gasteiger partial charge in [0.15, 0.2) is 0 Å². The van der Waals surface area contributed by atoms with Crippen molar-refractivity contribution < 1.29 is 4.42 Å². The second kappa shape index (κ2) is 4.32. The van der Waals surface area contributed by atoms with Gasteiger partial charge >= 0.3 is 0 Å². The summed E-state index contributed by atoms with van der Waals surface area (Å²) in [5.41, 5.74) is 5.49. The van der Waals surface area contributed by atoms with E-state index in [1.165, 1.54) is 0 Å². The Morgan fingerprint density at radius 2 is 2.19 bits per heavy atom. The molecule has 2 aromatic heterocycles. The van der Waals surface area contributed by atoms with Gasteiger partial charge in [-0.15, -0.1) is 0 Å². The number of furan rings is 1. The normalized spacial score (nSPS) is 10.4. The van der Waals surface area contributed by atoms with Crippen molar-refractivity contribution in [2.24, 2.45) is 5.73 Å². The lowest BCUT2D eigenvalue weighted by molar-refractivity contribution is 0.537. The van der Waals surface area contributed by atoms with E-state index < -0.39 is 0 Å². The monoisotopic (exact) mass is 218 g/mol. The van der Waals surface area contributed by atoms with Crippen LogP contribution in [0.1, 0.15) is 11.6 Å². The molecule has 0 unspecified atom stereocenters. The van der Waals surface area contributed by atoms with E-state index in [-0.39, 0.29) is 0 Å². The van der Waals surface area contributed by atoms with Crippen molar-refractivity contribution in [3.05, 3.63) is 36.0 Å². The molecule has 2 aromatic rings. The Bertz CT molecular complexity index is 480. The number of hydrogen-bond acceptors (Lipinski definition) is 5. The SMILES string of the molecule is Cc1ccc(N(C)c2ccnc(CN)n2)o1. The van der Waals surface area contributed by atoms with Gasteiger partial charge < -0.3 is 10.2 Å². The van der Waals surface area contributed by atoms with Gasteiger partial charge in [0, 0.05) is 19.3 Å². The van der Waals surface area contributed by atoms with Crippen LogP contribution in [-0.4, -0.2) is 17.0 Å². The van der Waals surface area contributed by atoms with Crippen LogP contribution in [0.25, 0.3) is 0 Å². The van der Waals surface area contributed by atoms with E-state index in [1.807, 2.05) is 37.1 Å². The predicted octanol–water partition coefficient (Wildman–Crippen LogP) is 1.60. The lowest BCUT2D eigenvalue weighted by Gasteiger charge is -2.14. The fraction of sp³-hybridized carbons (Fsp3) is 0.273. The van der Waals surface area contributed by atoms with Crippen LogP contribution in [0.2, 0.25) is 0 Å². The van der Waals surface area contributed by atoms with Gasteiger partial charge in [0.05, 0.1) is 6.54 Å². The number of nitrogens with zero attached hydrogens (tertiary/aromatic N) is 3. The maximum absolute atomic E-state index is 5.51. The van der Waals surface area contributed by atoms with Gasteiger partial charge in [0.1, 0.15) is 17.4 Å². The van der Waals surface area contributed by atoms with E-state index in [1.54, 1.807) is 6.20 Å². The molecule has 5 nitrogen and oxygen atoms in total. The van der Waals surface area contributed by atoms with Crippen molar-refractivity contribution in [2.75, 3.05) is 11.9 Å². The number of aromatic nitrogens is 2. The molecule has 0 fully saturated rings. The van der Waals surface area contributed by atoms with Gasteiger partial charge in [-0.1, -0.05) is 0 Å². The molecule has 0 amide bonds. The second-order valence-electron chi connectivity index (χ2n) is 3.48. The average Bonchev–Trinajstić information content (AvgIpc) is 2.75. The van der Waals surface area contributed by atoms with Gasteiger partial charge in [-0.3, -0.25) is 4.90 Å². The Labute approximate surface area is 93.9 Å². The highest BCUT2D eigenvalue weighted by atomic mass is 16.4. The van der Waals surface area contributed by atoms with Crippen molar-refractivity contribution in [1.82, 2.24) is 9.97 Å². The van der Waals surface area contributed by atoms with Gasteiger partial charge in [-0.05, 0) is 19.1 Å². The molecule has 0 aliphatic heterocycles. The summed E-state index contributed by atoms with van der Waals surface area (Å²) in [4.78, 5) is 10.2. The molecule has 0 aliphatic rings. The van der Waals surface area contributed by atoms with Crippen molar-refractivity contribution in [1.29, 1.82) is 0 Å². The minimum atomic E-state index is 0.332. The standard InChI is InChI=1S/C11H14N4O/c1-8-3-4-11(16-8)15(2)10-5-6-13-9(7-12)14-10/h3-6H,7,12H2,1-2H3. The van der Waals surface area contributed by atoms with Crippen molar-refractivity contribution in [3.8, 4) is 0 Å². The van der Waals surface area contributed by atoms with E-state index in [4.69, 9.17) is 10.2 Å². The van der Waals surface area contributed by atoms with Gasteiger partial charge in [0.25, 0.3) is 0 Å². The molecule has 84 valence electrons. The maximum Gasteiger partial charge on any atom is 0.200 e. The lowest BCUT2D eigenvalue weighted by atomic mass is 10.4. The molecule has 16 heavy (non-hydrogen) atoms. The number of anilines is 2. The van der Waals surface area contributed by atoms with Crippen LogP contribution in [-0.2, 0) is 6.54 Å². The molecule has 5 heteroatoms. The van der Waals surface area contributed by atoms with Crippen LogP contribution in [0.15, 0.2) is 28.8 Å². The largest absolute Gasteiger partial charge is 0.445 e. The lowest BCUT2D eigenvalue weighted by Crippen LogP contribution is -2.13. The van der Waals surface area contributed by atoms with E-state index >= 15 is 0 Å². The van der Waals surface area contributed by atoms with Crippen LogP contribution in [0.3, 0.4) is 0 Å². The molecule has 0 aromatic carbocycles. The molecule has 0 spiro atoms. The van der Waals surface area contributed by atoms with Crippen LogP contribution >= 0.6 is 0 Å². The fourth-order valence-corrected chi connectivity index (χ4v) is 1.39. The third kappa shape index (κ3) is 2.04. The number of hydrogen-bond donors (Lipinski definition) is 1. The van der Waals surface area contributed by atoms with Crippen molar-refractivity contribution in [2.45, 2.75) is 13.5 Å². The zero-order valence-corrected chi connectivity index (χ0v) is 9.34. The third-order valence-electron chi connectivity index (χ3n) is 2.27. The van der Waals surface area contributed by atoms with Crippen LogP contribution in [0.5, 0.6) is 0 Å². The molecule has 0 atom stereocenters. The Balaban J connectivity index is 2.29. The molecular weight excluding hydrogens is 204 g/mol. The summed E-state index contributed by atoms with van der Waals surface area (Å²) >= 11 is 0. The fourth-order valence-electron chi connectivity index (χ4n) is 1.39. The van der Waals surface area contributed by atoms with Crippen LogP contribution in [0.4, 0.5) is 11.7 Å². The first-order chi connectivity index (χ1) is 7.70. The van der Waals surface area contributed by atoms with Gasteiger partial charge in [-0.25, -0.2) is 9.97 Å². The summed E-state index contributed by atoms with van der Waals surface area (Å²) in [5, 5.41) is 0. The van der Waals surface area contributed by atoms with Crippen LogP contribution in [0, 0.1) is 6.92 Å². The Hall–Kier alpha value is -1.88. The van der Waals surface area contributed by atoms with Gasteiger partial charge in [0.2, 0.25) is 5.88 Å². The Kier molecular flexibility index (Phi) is 2.87. The Morgan fingerprint density at radius 1 is 1.38 bits per heavy atom. The summed E-state index contributed by atoms with van der Waals surface area (Å²) in [7, 11) is 1.89. The zero-order valence-electron chi connectivity index (χ0n) is 9.34. The number of aryl methyl sites for hydroxylation is 1. The molecule has 0 saturated carbocycles. The van der Waals surface area contributed by atoms with E-state index in [0.717, 1.165) is 17.5 Å². The topological polar surface area (TPSA) is 68.2 Å². The highest BCUT2D eigenvalue weighted by Gasteiger charge is 2.09. The van der Waals surface area contributed by atoms with Gasteiger partial charge in [-0.2, -0.15) is 0 Å². The second-order valence-corrected chi connectivity index (χ2v) is 3.48. The first kappa shape index (κ1) is 10.6. The summed E-state index contributed by atoms with van der Waals surface area (Å²) in [6.07, 6.45) is 1.69. The number of nitrogens with two attached hydrogens (primary N) is 1. The molecule has 2 N–H and O–H groups in total. The minimum Gasteiger partial charge on any atom is -0.445 e. The summed E-state index contributed by atoms with van der Waals surface area (Å²) in [6.45, 7) is 2.24. The molecule has 2 heterocycles. The molecule has 0 bridgehead atoms. The smallest absolute Gasteiger partial charge is 0.200 e. The molecular formula is C11H14N4O. The van der Waals surface area contributed by atoms with Crippen molar-refractivity contribution in [3.63, 3.8) is 0 Å². The predicted molar refractivity (Wildman–Crippen MR) is 61.4 cm³/mol. The maximum atomic E-state index is 5.51. The Morgan fingerprint density at radius 3 is 2.81 bits per heavy atom. The molecule has 0 radical (unpaired) electrons. The highest BCUT2D eigenvalue weighted by molar-refractivity contribution is 5.52. The average molecular weight is 218 g/mol. The first-order valence-electron chi connectivity index (χ1n) is 5.03. The van der Waals surface area contributed by atoms with E-state index in [2.05, 4.69) is 9.97 Å². The van der Waals surface area contributed by atoms with E-state index in [9.17, 15) is 0 Å². The number of rotatable bonds is 3. The highest BCUT2D eigenvalue weighted by Crippen LogP contribution is 2.23. The summed E-state index contributed by atoms with van der Waals surface area (Å²) in [5.74, 6) is 3.01. The molecule has 2 rings (SSSR count). The molecule has 0 aliphatic carbocycles. The van der Waals surface area contributed by atoms with Crippen LogP contribution < -0.4 is 10.6 Å². The summed E-state index contributed by atoms with van der Waals surface area (Å²) < 4.78 is 5.51.